The van der Waals surface area contributed by atoms with Crippen LogP contribution < -0.4 is 5.32 Å². The number of non-ortho nitro benzene ring substituents is 1. The van der Waals surface area contributed by atoms with Gasteiger partial charge in [-0.15, -0.1) is 11.8 Å². The van der Waals surface area contributed by atoms with Crippen molar-refractivity contribution in [1.29, 1.82) is 0 Å². The van der Waals surface area contributed by atoms with Gasteiger partial charge in [0.1, 0.15) is 6.61 Å². The minimum atomic E-state index is -0.593. The number of nitro benzene ring substituents is 1. The molecule has 28 heavy (non-hydrogen) atoms. The molecule has 0 spiro atoms. The minimum Gasteiger partial charge on any atom is -0.463 e. The molecule has 1 unspecified atom stereocenters. The molecule has 148 valence electrons. The van der Waals surface area contributed by atoms with E-state index in [4.69, 9.17) is 16.3 Å². The van der Waals surface area contributed by atoms with E-state index in [1.54, 1.807) is 6.92 Å². The molecule has 2 rings (SSSR count). The molecule has 0 fully saturated rings. The highest BCUT2D eigenvalue weighted by Crippen LogP contribution is 2.22. The summed E-state index contributed by atoms with van der Waals surface area (Å²) in [7, 11) is 0. The van der Waals surface area contributed by atoms with Crippen molar-refractivity contribution in [3.05, 3.63) is 74.8 Å². The lowest BCUT2D eigenvalue weighted by atomic mass is 10.2. The van der Waals surface area contributed by atoms with Crippen LogP contribution in [0, 0.1) is 10.1 Å². The second kappa shape index (κ2) is 10.7. The van der Waals surface area contributed by atoms with Gasteiger partial charge in [-0.3, -0.25) is 19.7 Å². The van der Waals surface area contributed by atoms with Gasteiger partial charge < -0.3 is 10.1 Å². The second-order valence-corrected chi connectivity index (χ2v) is 7.52. The molecule has 0 heterocycles. The fraction of sp³-hybridized carbons (Fsp3) is 0.263. The van der Waals surface area contributed by atoms with Crippen LogP contribution in [-0.4, -0.2) is 35.2 Å². The van der Waals surface area contributed by atoms with Crippen LogP contribution in [0.5, 0.6) is 0 Å². The van der Waals surface area contributed by atoms with Crippen molar-refractivity contribution < 1.29 is 19.2 Å². The van der Waals surface area contributed by atoms with Crippen LogP contribution in [0.4, 0.5) is 5.69 Å². The van der Waals surface area contributed by atoms with Gasteiger partial charge in [0.15, 0.2) is 0 Å². The third-order valence-electron chi connectivity index (χ3n) is 3.71. The summed E-state index contributed by atoms with van der Waals surface area (Å²) in [6, 6.07) is 13.4. The average Bonchev–Trinajstić information content (AvgIpc) is 2.69. The lowest BCUT2D eigenvalue weighted by molar-refractivity contribution is -0.384. The van der Waals surface area contributed by atoms with E-state index in [0.717, 1.165) is 11.6 Å². The number of ether oxygens (including phenoxy) is 1. The topological polar surface area (TPSA) is 98.5 Å². The zero-order valence-electron chi connectivity index (χ0n) is 15.1. The first kappa shape index (κ1) is 21.7. The zero-order chi connectivity index (χ0) is 20.5. The predicted molar refractivity (Wildman–Crippen MR) is 109 cm³/mol. The van der Waals surface area contributed by atoms with Crippen LogP contribution >= 0.6 is 23.4 Å². The molecule has 0 aromatic heterocycles. The van der Waals surface area contributed by atoms with E-state index in [-0.39, 0.29) is 40.6 Å². The quantitative estimate of drug-likeness (QED) is 0.285. The molecule has 9 heteroatoms. The van der Waals surface area contributed by atoms with Gasteiger partial charge in [-0.1, -0.05) is 41.9 Å². The molecule has 2 aromatic carbocycles. The number of halogens is 1. The smallest absolute Gasteiger partial charge is 0.318 e. The Labute approximate surface area is 171 Å². The molecule has 0 radical (unpaired) electrons. The van der Waals surface area contributed by atoms with E-state index in [1.807, 2.05) is 30.3 Å². The zero-order valence-corrected chi connectivity index (χ0v) is 16.7. The lowest BCUT2D eigenvalue weighted by Crippen LogP contribution is -2.29. The first-order chi connectivity index (χ1) is 13.4. The van der Waals surface area contributed by atoms with Crippen molar-refractivity contribution in [2.24, 2.45) is 0 Å². The molecule has 2 aromatic rings. The van der Waals surface area contributed by atoms with Crippen molar-refractivity contribution in [2.45, 2.75) is 17.9 Å². The van der Waals surface area contributed by atoms with E-state index in [2.05, 4.69) is 5.32 Å². The lowest BCUT2D eigenvalue weighted by Gasteiger charge is -2.12. The van der Waals surface area contributed by atoms with E-state index in [1.165, 1.54) is 23.9 Å². The number of hydrogen-bond acceptors (Lipinski definition) is 6. The van der Waals surface area contributed by atoms with Gasteiger partial charge in [0.2, 0.25) is 0 Å². The van der Waals surface area contributed by atoms with Crippen LogP contribution in [0.1, 0.15) is 22.8 Å². The Morgan fingerprint density at radius 2 is 1.96 bits per heavy atom. The average molecular weight is 423 g/mol. The maximum absolute atomic E-state index is 12.1. The summed E-state index contributed by atoms with van der Waals surface area (Å²) in [6.07, 6.45) is 0. The Kier molecular flexibility index (Phi) is 8.28. The van der Waals surface area contributed by atoms with Gasteiger partial charge in [-0.05, 0) is 18.6 Å². The van der Waals surface area contributed by atoms with Gasteiger partial charge in [-0.25, -0.2) is 0 Å². The van der Waals surface area contributed by atoms with Gasteiger partial charge in [0.05, 0.1) is 27.3 Å². The number of amides is 1. The highest BCUT2D eigenvalue weighted by atomic mass is 35.5. The Morgan fingerprint density at radius 1 is 1.25 bits per heavy atom. The summed E-state index contributed by atoms with van der Waals surface area (Å²) in [5.41, 5.74) is 1.04. The molecule has 0 saturated carbocycles. The number of thioether (sulfide) groups is 1. The van der Waals surface area contributed by atoms with Crippen LogP contribution in [0.2, 0.25) is 5.02 Å². The van der Waals surface area contributed by atoms with Crippen molar-refractivity contribution >= 4 is 40.9 Å². The second-order valence-electron chi connectivity index (χ2n) is 5.78. The molecular formula is C19H19ClN2O5S. The van der Waals surface area contributed by atoms with E-state index >= 15 is 0 Å². The molecule has 0 aliphatic rings. The summed E-state index contributed by atoms with van der Waals surface area (Å²) in [6.45, 7) is 1.89. The fourth-order valence-corrected chi connectivity index (χ4v) is 3.29. The Hall–Kier alpha value is -2.58. The van der Waals surface area contributed by atoms with Gasteiger partial charge in [0.25, 0.3) is 11.6 Å². The van der Waals surface area contributed by atoms with Crippen molar-refractivity contribution in [3.8, 4) is 0 Å². The third kappa shape index (κ3) is 6.54. The number of nitro groups is 1. The standard InChI is InChI=1S/C19H19ClN2O5S/c1-13(28-12-14-5-3-2-4-6-14)19(24)27-10-9-21-18(23)16-8-7-15(22(25)26)11-17(16)20/h2-8,11,13H,9-10,12H2,1H3,(H,21,23). The van der Waals surface area contributed by atoms with Crippen molar-refractivity contribution in [2.75, 3.05) is 13.2 Å². The van der Waals surface area contributed by atoms with E-state index in [9.17, 15) is 19.7 Å². The molecule has 0 saturated heterocycles. The first-order valence-electron chi connectivity index (χ1n) is 8.43. The molecule has 0 aliphatic carbocycles. The summed E-state index contributed by atoms with van der Waals surface area (Å²) in [4.78, 5) is 34.2. The predicted octanol–water partition coefficient (Wildman–Crippen LogP) is 3.84. The molecule has 1 N–H and O–H groups in total. The van der Waals surface area contributed by atoms with Crippen LogP contribution in [-0.2, 0) is 15.3 Å². The summed E-state index contributed by atoms with van der Waals surface area (Å²) < 4.78 is 5.16. The van der Waals surface area contributed by atoms with Crippen LogP contribution in [0.15, 0.2) is 48.5 Å². The van der Waals surface area contributed by atoms with Gasteiger partial charge in [0, 0.05) is 17.9 Å². The third-order valence-corrected chi connectivity index (χ3v) is 5.22. The first-order valence-corrected chi connectivity index (χ1v) is 9.85. The van der Waals surface area contributed by atoms with Gasteiger partial charge >= 0.3 is 5.97 Å². The Morgan fingerprint density at radius 3 is 2.61 bits per heavy atom. The number of nitrogens with one attached hydrogen (secondary N) is 1. The molecule has 0 aliphatic heterocycles. The van der Waals surface area contributed by atoms with Crippen LogP contribution in [0.25, 0.3) is 0 Å². The molecule has 7 nitrogen and oxygen atoms in total. The number of hydrogen-bond donors (Lipinski definition) is 1. The fourth-order valence-electron chi connectivity index (χ4n) is 2.19. The van der Waals surface area contributed by atoms with Crippen molar-refractivity contribution in [1.82, 2.24) is 5.32 Å². The number of carbonyl (C=O) groups is 2. The highest BCUT2D eigenvalue weighted by Gasteiger charge is 2.16. The number of rotatable bonds is 9. The summed E-state index contributed by atoms with van der Waals surface area (Å²) >= 11 is 7.38. The molecular weight excluding hydrogens is 404 g/mol. The molecule has 1 atom stereocenters. The van der Waals surface area contributed by atoms with Crippen LogP contribution in [0.3, 0.4) is 0 Å². The number of esters is 1. The number of carbonyl (C=O) groups excluding carboxylic acids is 2. The van der Waals surface area contributed by atoms with Gasteiger partial charge in [-0.2, -0.15) is 0 Å². The Balaban J connectivity index is 1.72. The number of nitrogens with zero attached hydrogens (tertiary/aromatic N) is 1. The normalized spacial score (nSPS) is 11.5. The molecule has 1 amide bonds. The minimum absolute atomic E-state index is 0.0189. The molecule has 0 bridgehead atoms. The van der Waals surface area contributed by atoms with E-state index in [0.29, 0.717) is 5.75 Å². The summed E-state index contributed by atoms with van der Waals surface area (Å²) in [5, 5.41) is 12.9. The number of benzene rings is 2. The maximum atomic E-state index is 12.1. The van der Waals surface area contributed by atoms with Crippen molar-refractivity contribution in [3.63, 3.8) is 0 Å². The highest BCUT2D eigenvalue weighted by molar-refractivity contribution is 7.99. The largest absolute Gasteiger partial charge is 0.463 e. The monoisotopic (exact) mass is 422 g/mol. The Bertz CT molecular complexity index is 847. The maximum Gasteiger partial charge on any atom is 0.318 e. The SMILES string of the molecule is CC(SCc1ccccc1)C(=O)OCCNC(=O)c1ccc([N+](=O)[O-])cc1Cl. The summed E-state index contributed by atoms with van der Waals surface area (Å²) in [5.74, 6) is -0.155. The van der Waals surface area contributed by atoms with E-state index < -0.39 is 10.8 Å².